The summed E-state index contributed by atoms with van der Waals surface area (Å²) >= 11 is 3.46. The molecule has 0 N–H and O–H groups in total. The predicted octanol–water partition coefficient (Wildman–Crippen LogP) is 4.48. The van der Waals surface area contributed by atoms with Gasteiger partial charge in [-0.15, -0.1) is 0 Å². The van der Waals surface area contributed by atoms with Crippen molar-refractivity contribution in [2.45, 2.75) is 44.6 Å². The lowest BCUT2D eigenvalue weighted by Crippen LogP contribution is -2.34. The number of hydrogen-bond acceptors (Lipinski definition) is 2. The van der Waals surface area contributed by atoms with Gasteiger partial charge in [-0.3, -0.25) is 0 Å². The van der Waals surface area contributed by atoms with E-state index in [0.29, 0.717) is 0 Å². The largest absolute Gasteiger partial charge is 0.492 e. The molecule has 0 aromatic heterocycles. The first kappa shape index (κ1) is 14.9. The minimum atomic E-state index is 0.758. The van der Waals surface area contributed by atoms with Crippen LogP contribution in [0.25, 0.3) is 0 Å². The monoisotopic (exact) mass is 325 g/mol. The van der Waals surface area contributed by atoms with E-state index in [0.717, 1.165) is 29.4 Å². The van der Waals surface area contributed by atoms with Crippen molar-refractivity contribution in [3.8, 4) is 5.75 Å². The standard InChI is InChI=1S/C16H24BrNO/c1-18(15-8-4-2-3-5-9-15)11-12-19-16-10-6-7-14(17)13-16/h6-7,10,13,15H,2-5,8-9,11-12H2,1H3. The quantitative estimate of drug-likeness (QED) is 0.740. The molecule has 0 amide bonds. The topological polar surface area (TPSA) is 12.5 Å². The molecule has 3 heteroatoms. The van der Waals surface area contributed by atoms with Gasteiger partial charge in [-0.05, 0) is 38.1 Å². The summed E-state index contributed by atoms with van der Waals surface area (Å²) < 4.78 is 6.88. The van der Waals surface area contributed by atoms with Crippen LogP contribution in [-0.4, -0.2) is 31.1 Å². The molecule has 106 valence electrons. The lowest BCUT2D eigenvalue weighted by Gasteiger charge is -2.26. The Bertz CT molecular complexity index is 375. The van der Waals surface area contributed by atoms with E-state index in [9.17, 15) is 0 Å². The summed E-state index contributed by atoms with van der Waals surface area (Å²) in [4.78, 5) is 2.48. The molecule has 0 heterocycles. The summed E-state index contributed by atoms with van der Waals surface area (Å²) in [6.45, 7) is 1.78. The van der Waals surface area contributed by atoms with Crippen molar-refractivity contribution < 1.29 is 4.74 Å². The van der Waals surface area contributed by atoms with Crippen LogP contribution >= 0.6 is 15.9 Å². The highest BCUT2D eigenvalue weighted by Crippen LogP contribution is 2.21. The maximum atomic E-state index is 5.81. The molecule has 2 nitrogen and oxygen atoms in total. The third kappa shape index (κ3) is 5.15. The van der Waals surface area contributed by atoms with Crippen molar-refractivity contribution in [2.24, 2.45) is 0 Å². The zero-order chi connectivity index (χ0) is 13.5. The van der Waals surface area contributed by atoms with Gasteiger partial charge in [0.1, 0.15) is 12.4 Å². The van der Waals surface area contributed by atoms with Gasteiger partial charge in [-0.2, -0.15) is 0 Å². The number of benzene rings is 1. The number of likely N-dealkylation sites (N-methyl/N-ethyl adjacent to an activating group) is 1. The van der Waals surface area contributed by atoms with E-state index >= 15 is 0 Å². The first-order valence-electron chi connectivity index (χ1n) is 7.34. The fourth-order valence-corrected chi connectivity index (χ4v) is 3.12. The molecular formula is C16H24BrNO. The number of rotatable bonds is 5. The van der Waals surface area contributed by atoms with Crippen molar-refractivity contribution >= 4 is 15.9 Å². The van der Waals surface area contributed by atoms with E-state index in [1.54, 1.807) is 0 Å². The van der Waals surface area contributed by atoms with Crippen LogP contribution in [0.4, 0.5) is 0 Å². The lowest BCUT2D eigenvalue weighted by molar-refractivity contribution is 0.178. The summed E-state index contributed by atoms with van der Waals surface area (Å²) in [6.07, 6.45) is 8.32. The third-order valence-electron chi connectivity index (χ3n) is 3.96. The van der Waals surface area contributed by atoms with Crippen LogP contribution in [-0.2, 0) is 0 Å². The summed E-state index contributed by atoms with van der Waals surface area (Å²) in [7, 11) is 2.24. The van der Waals surface area contributed by atoms with Crippen LogP contribution in [0.5, 0.6) is 5.75 Å². The minimum absolute atomic E-state index is 0.758. The summed E-state index contributed by atoms with van der Waals surface area (Å²) in [6, 6.07) is 8.81. The summed E-state index contributed by atoms with van der Waals surface area (Å²) in [5.41, 5.74) is 0. The Morgan fingerprint density at radius 1 is 1.21 bits per heavy atom. The molecule has 2 rings (SSSR count). The van der Waals surface area contributed by atoms with Crippen molar-refractivity contribution in [1.82, 2.24) is 4.90 Å². The molecule has 0 aliphatic heterocycles. The van der Waals surface area contributed by atoms with Crippen LogP contribution in [0.1, 0.15) is 38.5 Å². The molecule has 1 aliphatic rings. The van der Waals surface area contributed by atoms with Crippen LogP contribution in [0, 0.1) is 0 Å². The molecule has 19 heavy (non-hydrogen) atoms. The van der Waals surface area contributed by atoms with E-state index in [1.807, 2.05) is 24.3 Å². The normalized spacial score (nSPS) is 17.4. The van der Waals surface area contributed by atoms with Gasteiger partial charge in [-0.1, -0.05) is 47.7 Å². The molecule has 0 radical (unpaired) electrons. The first-order chi connectivity index (χ1) is 9.25. The molecule has 0 atom stereocenters. The number of nitrogens with zero attached hydrogens (tertiary/aromatic N) is 1. The molecule has 1 aromatic rings. The number of ether oxygens (including phenoxy) is 1. The second kappa shape index (κ2) is 7.91. The Hall–Kier alpha value is -0.540. The Kier molecular flexibility index (Phi) is 6.18. The zero-order valence-electron chi connectivity index (χ0n) is 11.8. The summed E-state index contributed by atoms with van der Waals surface area (Å²) in [5.74, 6) is 0.948. The van der Waals surface area contributed by atoms with Gasteiger partial charge in [0.25, 0.3) is 0 Å². The molecule has 0 bridgehead atoms. The van der Waals surface area contributed by atoms with Crippen LogP contribution in [0.3, 0.4) is 0 Å². The van der Waals surface area contributed by atoms with E-state index in [1.165, 1.54) is 38.5 Å². The minimum Gasteiger partial charge on any atom is -0.492 e. The highest BCUT2D eigenvalue weighted by molar-refractivity contribution is 9.10. The summed E-state index contributed by atoms with van der Waals surface area (Å²) in [5, 5.41) is 0. The van der Waals surface area contributed by atoms with Gasteiger partial charge in [0.15, 0.2) is 0 Å². The molecule has 1 saturated carbocycles. The third-order valence-corrected chi connectivity index (χ3v) is 4.45. The number of hydrogen-bond donors (Lipinski definition) is 0. The Labute approximate surface area is 125 Å². The zero-order valence-corrected chi connectivity index (χ0v) is 13.4. The van der Waals surface area contributed by atoms with Crippen molar-refractivity contribution in [1.29, 1.82) is 0 Å². The molecule has 1 fully saturated rings. The van der Waals surface area contributed by atoms with Crippen molar-refractivity contribution in [3.05, 3.63) is 28.7 Å². The maximum absolute atomic E-state index is 5.81. The number of halogens is 1. The Morgan fingerprint density at radius 3 is 2.63 bits per heavy atom. The van der Waals surface area contributed by atoms with E-state index in [-0.39, 0.29) is 0 Å². The molecule has 0 spiro atoms. The Morgan fingerprint density at radius 2 is 1.95 bits per heavy atom. The molecule has 1 aliphatic carbocycles. The smallest absolute Gasteiger partial charge is 0.120 e. The van der Waals surface area contributed by atoms with Gasteiger partial charge in [0.2, 0.25) is 0 Å². The highest BCUT2D eigenvalue weighted by atomic mass is 79.9. The van der Waals surface area contributed by atoms with E-state index in [4.69, 9.17) is 4.74 Å². The molecule has 0 unspecified atom stereocenters. The second-order valence-electron chi connectivity index (χ2n) is 5.43. The average Bonchev–Trinajstić information content (AvgIpc) is 2.67. The molecular weight excluding hydrogens is 302 g/mol. The fourth-order valence-electron chi connectivity index (χ4n) is 2.75. The Balaban J connectivity index is 1.72. The van der Waals surface area contributed by atoms with Gasteiger partial charge in [-0.25, -0.2) is 0 Å². The van der Waals surface area contributed by atoms with E-state index in [2.05, 4.69) is 27.9 Å². The fraction of sp³-hybridized carbons (Fsp3) is 0.625. The van der Waals surface area contributed by atoms with Crippen molar-refractivity contribution in [3.63, 3.8) is 0 Å². The van der Waals surface area contributed by atoms with Gasteiger partial charge < -0.3 is 9.64 Å². The molecule has 1 aromatic carbocycles. The lowest BCUT2D eigenvalue weighted by atomic mass is 10.1. The van der Waals surface area contributed by atoms with Crippen LogP contribution < -0.4 is 4.74 Å². The second-order valence-corrected chi connectivity index (χ2v) is 6.35. The maximum Gasteiger partial charge on any atom is 0.120 e. The average molecular weight is 326 g/mol. The van der Waals surface area contributed by atoms with Gasteiger partial charge >= 0.3 is 0 Å². The van der Waals surface area contributed by atoms with Crippen LogP contribution in [0.15, 0.2) is 28.7 Å². The predicted molar refractivity (Wildman–Crippen MR) is 83.8 cm³/mol. The van der Waals surface area contributed by atoms with Crippen LogP contribution in [0.2, 0.25) is 0 Å². The first-order valence-corrected chi connectivity index (χ1v) is 8.13. The highest BCUT2D eigenvalue weighted by Gasteiger charge is 2.16. The van der Waals surface area contributed by atoms with Gasteiger partial charge in [0.05, 0.1) is 0 Å². The van der Waals surface area contributed by atoms with Crippen molar-refractivity contribution in [2.75, 3.05) is 20.2 Å². The van der Waals surface area contributed by atoms with Gasteiger partial charge in [0, 0.05) is 17.1 Å². The SMILES string of the molecule is CN(CCOc1cccc(Br)c1)C1CCCCCC1. The van der Waals surface area contributed by atoms with E-state index < -0.39 is 0 Å². The molecule has 0 saturated heterocycles.